The summed E-state index contributed by atoms with van der Waals surface area (Å²) in [4.78, 5) is 0. The minimum Gasteiger partial charge on any atom is -0.760 e. The van der Waals surface area contributed by atoms with E-state index in [-0.39, 0.29) is 0 Å². The van der Waals surface area contributed by atoms with Gasteiger partial charge in [0, 0.05) is 11.3 Å². The predicted molar refractivity (Wildman–Crippen MR) is 25.7 cm³/mol. The molecule has 0 radical (unpaired) electrons. The van der Waals surface area contributed by atoms with Crippen molar-refractivity contribution in [2.45, 2.75) is 13.1 Å². The molecule has 2 atom stereocenters. The molecule has 1 unspecified atom stereocenters. The largest absolute Gasteiger partial charge is 0.760 e. The van der Waals surface area contributed by atoms with Crippen LogP contribution in [-0.4, -0.2) is 14.9 Å². The number of hydrogen-bond donors (Lipinski definition) is 2. The van der Waals surface area contributed by atoms with E-state index in [4.69, 9.17) is 5.73 Å². The molecule has 0 aliphatic rings. The van der Waals surface area contributed by atoms with Crippen LogP contribution in [0.15, 0.2) is 0 Å². The molecule has 0 saturated carbocycles. The lowest BCUT2D eigenvalue weighted by atomic mass is 10.7. The normalized spacial score (nSPS) is 18.7. The fourth-order valence-electron chi connectivity index (χ4n) is 0.152. The second-order valence-electron chi connectivity index (χ2n) is 1.14. The van der Waals surface area contributed by atoms with Crippen molar-refractivity contribution in [2.24, 2.45) is 5.73 Å². The van der Waals surface area contributed by atoms with Crippen molar-refractivity contribution in [3.05, 3.63) is 0 Å². The lowest BCUT2D eigenvalue weighted by molar-refractivity contribution is 0.511. The van der Waals surface area contributed by atoms with Crippen molar-refractivity contribution in [3.63, 3.8) is 0 Å². The predicted octanol–water partition coefficient (Wildman–Crippen LogP) is -1.33. The van der Waals surface area contributed by atoms with Crippen LogP contribution >= 0.6 is 0 Å². The summed E-state index contributed by atoms with van der Waals surface area (Å²) in [6, 6.07) is 0. The summed E-state index contributed by atoms with van der Waals surface area (Å²) >= 11 is -2.22. The first-order valence-electron chi connectivity index (χ1n) is 1.74. The third kappa shape index (κ3) is 6.03. The van der Waals surface area contributed by atoms with Crippen LogP contribution < -0.4 is 10.5 Å². The molecule has 4 nitrogen and oxygen atoms in total. The second kappa shape index (κ2) is 3.09. The molecule has 0 rings (SSSR count). The van der Waals surface area contributed by atoms with Gasteiger partial charge in [-0.15, -0.1) is 0 Å². The van der Waals surface area contributed by atoms with Gasteiger partial charge in [0.2, 0.25) is 0 Å². The quantitative estimate of drug-likeness (QED) is 0.353. The number of nitrogens with one attached hydrogen (secondary N) is 1. The molecule has 7 heavy (non-hydrogen) atoms. The fraction of sp³-hybridized carbons (Fsp3) is 1.00. The maximum absolute atomic E-state index is 9.62. The van der Waals surface area contributed by atoms with Crippen molar-refractivity contribution < 1.29 is 8.76 Å². The first kappa shape index (κ1) is 7.03. The van der Waals surface area contributed by atoms with Crippen LogP contribution in [0, 0.1) is 0 Å². The van der Waals surface area contributed by atoms with Crippen LogP contribution in [0.5, 0.6) is 0 Å². The molecular weight excluding hydrogens is 116 g/mol. The topological polar surface area (TPSA) is 78.2 Å². The second-order valence-corrected chi connectivity index (χ2v) is 1.85. The Morgan fingerprint density at radius 3 is 2.43 bits per heavy atom. The zero-order valence-electron chi connectivity index (χ0n) is 3.88. The van der Waals surface area contributed by atoms with Crippen molar-refractivity contribution in [3.8, 4) is 0 Å². The molecule has 0 aromatic rings. The van der Waals surface area contributed by atoms with Gasteiger partial charge < -0.3 is 10.3 Å². The van der Waals surface area contributed by atoms with E-state index in [1.807, 2.05) is 4.72 Å². The Hall–Kier alpha value is 0.0300. The summed E-state index contributed by atoms with van der Waals surface area (Å²) in [5.74, 6) is 0. The van der Waals surface area contributed by atoms with Crippen molar-refractivity contribution >= 4 is 11.3 Å². The maximum Gasteiger partial charge on any atom is 0.0626 e. The van der Waals surface area contributed by atoms with Gasteiger partial charge in [-0.1, -0.05) is 0 Å². The van der Waals surface area contributed by atoms with Gasteiger partial charge in [-0.2, -0.15) is 0 Å². The number of rotatable bonds is 2. The molecule has 0 aromatic heterocycles. The van der Waals surface area contributed by atoms with E-state index in [1.54, 1.807) is 0 Å². The van der Waals surface area contributed by atoms with Crippen LogP contribution in [0.25, 0.3) is 0 Å². The zero-order chi connectivity index (χ0) is 5.86. The number of nitrogens with two attached hydrogens (primary N) is 1. The van der Waals surface area contributed by atoms with Crippen molar-refractivity contribution in [1.29, 1.82) is 0 Å². The monoisotopic (exact) mass is 123 g/mol. The smallest absolute Gasteiger partial charge is 0.0626 e. The highest BCUT2D eigenvalue weighted by atomic mass is 32.2. The van der Waals surface area contributed by atoms with Crippen LogP contribution in [0.2, 0.25) is 0 Å². The SMILES string of the molecule is C[C@@H](N)NS(=O)[O-]. The van der Waals surface area contributed by atoms with Gasteiger partial charge in [0.15, 0.2) is 0 Å². The molecule has 0 aliphatic carbocycles. The Balaban J connectivity index is 3.13. The molecule has 44 valence electrons. The lowest BCUT2D eigenvalue weighted by Gasteiger charge is -2.08. The van der Waals surface area contributed by atoms with Crippen molar-refractivity contribution in [2.75, 3.05) is 0 Å². The first-order chi connectivity index (χ1) is 3.13. The Kier molecular flexibility index (Phi) is 3.10. The van der Waals surface area contributed by atoms with Gasteiger partial charge in [-0.05, 0) is 6.92 Å². The molecule has 0 heterocycles. The Bertz CT molecular complexity index is 74.1. The van der Waals surface area contributed by atoms with Crippen LogP contribution in [-0.2, 0) is 11.3 Å². The highest BCUT2D eigenvalue weighted by Crippen LogP contribution is 1.65. The van der Waals surface area contributed by atoms with Gasteiger partial charge in [-0.25, -0.2) is 4.72 Å². The molecule has 0 bridgehead atoms. The van der Waals surface area contributed by atoms with E-state index in [0.29, 0.717) is 0 Å². The summed E-state index contributed by atoms with van der Waals surface area (Å²) in [7, 11) is 0. The Labute approximate surface area is 44.5 Å². The third-order valence-electron chi connectivity index (χ3n) is 0.282. The summed E-state index contributed by atoms with van der Waals surface area (Å²) in [5.41, 5.74) is 4.99. The maximum atomic E-state index is 9.62. The molecule has 0 fully saturated rings. The Morgan fingerprint density at radius 1 is 2.00 bits per heavy atom. The van der Waals surface area contributed by atoms with E-state index in [9.17, 15) is 8.76 Å². The molecule has 0 amide bonds. The van der Waals surface area contributed by atoms with E-state index >= 15 is 0 Å². The van der Waals surface area contributed by atoms with Crippen LogP contribution in [0.4, 0.5) is 0 Å². The van der Waals surface area contributed by atoms with E-state index in [0.717, 1.165) is 0 Å². The molecule has 0 saturated heterocycles. The lowest BCUT2D eigenvalue weighted by Crippen LogP contribution is -2.35. The van der Waals surface area contributed by atoms with Crippen LogP contribution in [0.3, 0.4) is 0 Å². The fourth-order valence-corrected chi connectivity index (χ4v) is 0.455. The zero-order valence-corrected chi connectivity index (χ0v) is 4.70. The van der Waals surface area contributed by atoms with Gasteiger partial charge in [0.05, 0.1) is 6.17 Å². The molecular formula is C2H7N2O2S-. The average Bonchev–Trinajstić information content (AvgIpc) is 1.27. The summed E-state index contributed by atoms with van der Waals surface area (Å²) < 4.78 is 21.2. The highest BCUT2D eigenvalue weighted by Gasteiger charge is 1.85. The van der Waals surface area contributed by atoms with Gasteiger partial charge in [-0.3, -0.25) is 4.21 Å². The van der Waals surface area contributed by atoms with Gasteiger partial charge >= 0.3 is 0 Å². The van der Waals surface area contributed by atoms with Gasteiger partial charge in [0.25, 0.3) is 0 Å². The van der Waals surface area contributed by atoms with Gasteiger partial charge in [0.1, 0.15) is 0 Å². The molecule has 5 heteroatoms. The first-order valence-corrected chi connectivity index (χ1v) is 2.81. The Morgan fingerprint density at radius 2 is 2.43 bits per heavy atom. The van der Waals surface area contributed by atoms with E-state index in [1.165, 1.54) is 6.92 Å². The molecule has 0 aliphatic heterocycles. The average molecular weight is 123 g/mol. The molecule has 0 aromatic carbocycles. The highest BCUT2D eigenvalue weighted by molar-refractivity contribution is 7.77. The third-order valence-corrected chi connectivity index (χ3v) is 0.846. The minimum absolute atomic E-state index is 0.488. The summed E-state index contributed by atoms with van der Waals surface area (Å²) in [6.07, 6.45) is -0.488. The minimum atomic E-state index is -2.22. The van der Waals surface area contributed by atoms with Crippen molar-refractivity contribution in [1.82, 2.24) is 4.72 Å². The molecule has 3 N–H and O–H groups in total. The summed E-state index contributed by atoms with van der Waals surface area (Å²) in [5, 5.41) is 0. The van der Waals surface area contributed by atoms with Crippen LogP contribution in [0.1, 0.15) is 6.92 Å². The number of hydrogen-bond acceptors (Lipinski definition) is 3. The molecule has 0 spiro atoms. The van der Waals surface area contributed by atoms with E-state index < -0.39 is 17.4 Å². The standard InChI is InChI=1S/C2H8N2O2S/c1-2(3)4-7(5)6/h2,4H,3H2,1H3,(H,5,6)/p-1/t2-/m0/s1. The van der Waals surface area contributed by atoms with E-state index in [2.05, 4.69) is 0 Å². The summed E-state index contributed by atoms with van der Waals surface area (Å²) in [6.45, 7) is 1.54.